The van der Waals surface area contributed by atoms with E-state index in [4.69, 9.17) is 0 Å². The summed E-state index contributed by atoms with van der Waals surface area (Å²) >= 11 is 0. The number of aromatic amines is 1. The Hall–Kier alpha value is -3.35. The first-order valence-electron chi connectivity index (χ1n) is 8.90. The van der Waals surface area contributed by atoms with Crippen molar-refractivity contribution in [1.29, 1.82) is 0 Å². The van der Waals surface area contributed by atoms with Crippen LogP contribution < -0.4 is 10.9 Å². The first-order valence-corrected chi connectivity index (χ1v) is 8.90. The zero-order valence-electron chi connectivity index (χ0n) is 15.8. The standard InChI is InChI=1S/C22H19F3N2O2/c1-13-8-10-16(11-9-13)19(15-6-4-3-5-7-15)27-21(29)18-14(2)12-17(22(23,24)25)26-20(18)28/h3-12,19H,1-2H3,(H,26,28)(H,27,29). The van der Waals surface area contributed by atoms with Gasteiger partial charge in [-0.2, -0.15) is 13.2 Å². The molecular formula is C22H19F3N2O2. The number of hydrogen-bond donors (Lipinski definition) is 2. The number of amides is 1. The summed E-state index contributed by atoms with van der Waals surface area (Å²) in [4.78, 5) is 26.8. The van der Waals surface area contributed by atoms with Crippen LogP contribution in [-0.2, 0) is 6.18 Å². The number of H-pyrrole nitrogens is 1. The normalized spacial score (nSPS) is 12.4. The van der Waals surface area contributed by atoms with Crippen LogP contribution in [0.4, 0.5) is 13.2 Å². The molecule has 3 aromatic rings. The van der Waals surface area contributed by atoms with Crippen molar-refractivity contribution in [1.82, 2.24) is 10.3 Å². The van der Waals surface area contributed by atoms with Crippen molar-refractivity contribution in [3.8, 4) is 0 Å². The number of carbonyl (C=O) groups excluding carboxylic acids is 1. The van der Waals surface area contributed by atoms with Gasteiger partial charge in [0.25, 0.3) is 11.5 Å². The molecule has 7 heteroatoms. The summed E-state index contributed by atoms with van der Waals surface area (Å²) in [5, 5.41) is 2.79. The lowest BCUT2D eigenvalue weighted by Crippen LogP contribution is -2.35. The Labute approximate surface area is 165 Å². The molecule has 0 saturated heterocycles. The Bertz CT molecular complexity index is 1070. The minimum absolute atomic E-state index is 0.0470. The highest BCUT2D eigenvalue weighted by Gasteiger charge is 2.33. The number of carbonyl (C=O) groups is 1. The number of aromatic nitrogens is 1. The smallest absolute Gasteiger partial charge is 0.341 e. The minimum Gasteiger partial charge on any atom is -0.341 e. The van der Waals surface area contributed by atoms with Gasteiger partial charge in [0.2, 0.25) is 0 Å². The SMILES string of the molecule is Cc1ccc(C(NC(=O)c2c(C)cc(C(F)(F)F)[nH]c2=O)c2ccccc2)cc1. The van der Waals surface area contributed by atoms with Crippen LogP contribution >= 0.6 is 0 Å². The van der Waals surface area contributed by atoms with E-state index in [0.717, 1.165) is 22.8 Å². The maximum absolute atomic E-state index is 12.9. The van der Waals surface area contributed by atoms with Gasteiger partial charge in [0.15, 0.2) is 0 Å². The lowest BCUT2D eigenvalue weighted by atomic mass is 9.97. The highest BCUT2D eigenvalue weighted by atomic mass is 19.4. The second kappa shape index (κ2) is 7.95. The van der Waals surface area contributed by atoms with Crippen molar-refractivity contribution in [2.75, 3.05) is 0 Å². The summed E-state index contributed by atoms with van der Waals surface area (Å²) < 4.78 is 38.7. The van der Waals surface area contributed by atoms with E-state index >= 15 is 0 Å². The Morgan fingerprint density at radius 2 is 1.55 bits per heavy atom. The Morgan fingerprint density at radius 3 is 2.10 bits per heavy atom. The maximum atomic E-state index is 12.9. The average molecular weight is 400 g/mol. The molecule has 1 amide bonds. The molecule has 0 radical (unpaired) electrons. The van der Waals surface area contributed by atoms with E-state index in [2.05, 4.69) is 5.32 Å². The monoisotopic (exact) mass is 400 g/mol. The molecule has 3 rings (SSSR count). The quantitative estimate of drug-likeness (QED) is 0.676. The van der Waals surface area contributed by atoms with Crippen LogP contribution in [0.5, 0.6) is 0 Å². The van der Waals surface area contributed by atoms with Gasteiger partial charge in [-0.25, -0.2) is 0 Å². The van der Waals surface area contributed by atoms with Crippen molar-refractivity contribution in [3.63, 3.8) is 0 Å². The molecule has 1 heterocycles. The van der Waals surface area contributed by atoms with Gasteiger partial charge in [-0.05, 0) is 36.6 Å². The van der Waals surface area contributed by atoms with E-state index < -0.39 is 29.4 Å². The number of nitrogens with one attached hydrogen (secondary N) is 2. The molecule has 0 aliphatic carbocycles. The number of halogens is 3. The predicted molar refractivity (Wildman–Crippen MR) is 104 cm³/mol. The Kier molecular flexibility index (Phi) is 5.59. The van der Waals surface area contributed by atoms with E-state index in [9.17, 15) is 22.8 Å². The van der Waals surface area contributed by atoms with Crippen molar-refractivity contribution >= 4 is 5.91 Å². The van der Waals surface area contributed by atoms with E-state index in [1.807, 2.05) is 61.5 Å². The van der Waals surface area contributed by atoms with E-state index in [1.54, 1.807) is 4.98 Å². The summed E-state index contributed by atoms with van der Waals surface area (Å²) in [7, 11) is 0. The van der Waals surface area contributed by atoms with Crippen molar-refractivity contribution in [2.24, 2.45) is 0 Å². The fourth-order valence-corrected chi connectivity index (χ4v) is 3.09. The van der Waals surface area contributed by atoms with Gasteiger partial charge in [0, 0.05) is 0 Å². The van der Waals surface area contributed by atoms with Crippen molar-refractivity contribution < 1.29 is 18.0 Å². The van der Waals surface area contributed by atoms with Gasteiger partial charge in [0.1, 0.15) is 11.3 Å². The summed E-state index contributed by atoms with van der Waals surface area (Å²) in [6, 6.07) is 16.8. The molecule has 29 heavy (non-hydrogen) atoms. The largest absolute Gasteiger partial charge is 0.431 e. The van der Waals surface area contributed by atoms with Crippen LogP contribution in [0, 0.1) is 13.8 Å². The summed E-state index contributed by atoms with van der Waals surface area (Å²) in [5.41, 5.74) is -0.0377. The molecule has 1 atom stereocenters. The van der Waals surface area contributed by atoms with Crippen LogP contribution in [0.1, 0.15) is 44.3 Å². The molecule has 2 aromatic carbocycles. The summed E-state index contributed by atoms with van der Waals surface area (Å²) in [5.74, 6) is -0.744. The zero-order chi connectivity index (χ0) is 21.2. The highest BCUT2D eigenvalue weighted by molar-refractivity contribution is 5.95. The van der Waals surface area contributed by atoms with Crippen LogP contribution in [0.15, 0.2) is 65.5 Å². The van der Waals surface area contributed by atoms with Gasteiger partial charge in [0.05, 0.1) is 6.04 Å². The third-order valence-corrected chi connectivity index (χ3v) is 4.58. The van der Waals surface area contributed by atoms with E-state index in [0.29, 0.717) is 0 Å². The lowest BCUT2D eigenvalue weighted by Gasteiger charge is -2.21. The topological polar surface area (TPSA) is 62.0 Å². The van der Waals surface area contributed by atoms with Crippen LogP contribution in [0.2, 0.25) is 0 Å². The van der Waals surface area contributed by atoms with E-state index in [1.165, 1.54) is 6.92 Å². The molecule has 4 nitrogen and oxygen atoms in total. The summed E-state index contributed by atoms with van der Waals surface area (Å²) in [6.45, 7) is 3.24. The molecule has 0 bridgehead atoms. The average Bonchev–Trinajstić information content (AvgIpc) is 2.66. The molecule has 0 spiro atoms. The molecule has 1 unspecified atom stereocenters. The second-order valence-corrected chi connectivity index (χ2v) is 6.80. The third-order valence-electron chi connectivity index (χ3n) is 4.58. The molecule has 0 aliphatic heterocycles. The van der Waals surface area contributed by atoms with Gasteiger partial charge in [-0.15, -0.1) is 0 Å². The first-order chi connectivity index (χ1) is 13.7. The number of benzene rings is 2. The minimum atomic E-state index is -4.70. The number of rotatable bonds is 4. The number of pyridine rings is 1. The molecule has 2 N–H and O–H groups in total. The highest BCUT2D eigenvalue weighted by Crippen LogP contribution is 2.28. The lowest BCUT2D eigenvalue weighted by molar-refractivity contribution is -0.141. The molecule has 0 fully saturated rings. The van der Waals surface area contributed by atoms with Gasteiger partial charge in [-0.1, -0.05) is 60.2 Å². The number of aryl methyl sites for hydroxylation is 2. The fourth-order valence-electron chi connectivity index (χ4n) is 3.09. The van der Waals surface area contributed by atoms with Gasteiger partial charge < -0.3 is 10.3 Å². The molecule has 150 valence electrons. The molecule has 0 aliphatic rings. The van der Waals surface area contributed by atoms with E-state index in [-0.39, 0.29) is 11.1 Å². The maximum Gasteiger partial charge on any atom is 0.431 e. The van der Waals surface area contributed by atoms with Crippen molar-refractivity contribution in [2.45, 2.75) is 26.1 Å². The fraction of sp³-hybridized carbons (Fsp3) is 0.182. The first kappa shape index (κ1) is 20.4. The van der Waals surface area contributed by atoms with Crippen LogP contribution in [-0.4, -0.2) is 10.9 Å². The number of alkyl halides is 3. The van der Waals surface area contributed by atoms with Crippen LogP contribution in [0.3, 0.4) is 0 Å². The molecule has 1 aromatic heterocycles. The second-order valence-electron chi connectivity index (χ2n) is 6.80. The Morgan fingerprint density at radius 1 is 0.966 bits per heavy atom. The Balaban J connectivity index is 2.00. The van der Waals surface area contributed by atoms with Crippen LogP contribution in [0.25, 0.3) is 0 Å². The molecular weight excluding hydrogens is 381 g/mol. The van der Waals surface area contributed by atoms with Crippen molar-refractivity contribution in [3.05, 3.63) is 105 Å². The third kappa shape index (κ3) is 4.56. The van der Waals surface area contributed by atoms with Gasteiger partial charge in [-0.3, -0.25) is 9.59 Å². The van der Waals surface area contributed by atoms with Gasteiger partial charge >= 0.3 is 6.18 Å². The predicted octanol–water partition coefficient (Wildman–Crippen LogP) is 4.53. The zero-order valence-corrected chi connectivity index (χ0v) is 15.8. The number of hydrogen-bond acceptors (Lipinski definition) is 2. The molecule has 0 saturated carbocycles. The summed E-state index contributed by atoms with van der Waals surface area (Å²) in [6.07, 6.45) is -4.70.